The Hall–Kier alpha value is -0.430. The van der Waals surface area contributed by atoms with Crippen LogP contribution in [-0.2, 0) is 0 Å². The van der Waals surface area contributed by atoms with Crippen molar-refractivity contribution in [3.8, 4) is 0 Å². The molecule has 2 unspecified atom stereocenters. The second-order valence-electron chi connectivity index (χ2n) is 3.34. The maximum atomic E-state index is 11.7. The number of nitrogens with zero attached hydrogens (tertiary/aromatic N) is 2. The first-order valence-electron chi connectivity index (χ1n) is 4.36. The maximum absolute atomic E-state index is 11.7. The molecule has 0 spiro atoms. The van der Waals surface area contributed by atoms with Gasteiger partial charge in [0.05, 0.1) is 27.7 Å². The first-order chi connectivity index (χ1) is 6.45. The Balaban J connectivity index is 3.25. The number of aliphatic hydroxyl groups excluding tert-OH is 1. The van der Waals surface area contributed by atoms with Gasteiger partial charge in [-0.25, -0.2) is 4.98 Å². The van der Waals surface area contributed by atoms with E-state index in [4.69, 9.17) is 0 Å². The van der Waals surface area contributed by atoms with Crippen molar-refractivity contribution in [2.75, 3.05) is 0 Å². The molecule has 1 heterocycles. The van der Waals surface area contributed by atoms with Crippen LogP contribution in [0.5, 0.6) is 0 Å². The molecule has 0 aliphatic carbocycles. The van der Waals surface area contributed by atoms with Crippen molar-refractivity contribution in [3.63, 3.8) is 0 Å². The van der Waals surface area contributed by atoms with Crippen LogP contribution in [0.1, 0.15) is 25.6 Å². The summed E-state index contributed by atoms with van der Waals surface area (Å²) in [5, 5.41) is 9.37. The lowest BCUT2D eigenvalue weighted by atomic mass is 10.2. The van der Waals surface area contributed by atoms with Gasteiger partial charge in [-0.3, -0.25) is 9.36 Å². The van der Waals surface area contributed by atoms with Crippen molar-refractivity contribution in [1.82, 2.24) is 9.55 Å². The fourth-order valence-electron chi connectivity index (χ4n) is 1.05. The Kier molecular flexibility index (Phi) is 3.65. The number of rotatable bonds is 2. The monoisotopic (exact) mass is 308 g/mol. The lowest BCUT2D eigenvalue weighted by molar-refractivity contribution is 0.136. The van der Waals surface area contributed by atoms with Crippen LogP contribution in [0, 0.1) is 10.5 Å². The minimum atomic E-state index is -0.562. The molecule has 78 valence electrons. The van der Waals surface area contributed by atoms with Gasteiger partial charge >= 0.3 is 0 Å². The second kappa shape index (κ2) is 4.39. The summed E-state index contributed by atoms with van der Waals surface area (Å²) in [6, 6.07) is -0.246. The van der Waals surface area contributed by atoms with E-state index in [0.717, 1.165) is 5.69 Å². The fourth-order valence-corrected chi connectivity index (χ4v) is 1.47. The van der Waals surface area contributed by atoms with E-state index in [0.29, 0.717) is 3.57 Å². The van der Waals surface area contributed by atoms with Crippen molar-refractivity contribution in [2.45, 2.75) is 32.9 Å². The third-order valence-electron chi connectivity index (χ3n) is 2.25. The molecule has 1 aromatic heterocycles. The number of aliphatic hydroxyl groups is 1. The summed E-state index contributed by atoms with van der Waals surface area (Å²) >= 11 is 1.97. The van der Waals surface area contributed by atoms with E-state index in [2.05, 4.69) is 4.98 Å². The van der Waals surface area contributed by atoms with Gasteiger partial charge in [-0.05, 0) is 43.4 Å². The van der Waals surface area contributed by atoms with Gasteiger partial charge in [-0.15, -0.1) is 0 Å². The molecule has 0 saturated carbocycles. The second-order valence-corrected chi connectivity index (χ2v) is 4.42. The van der Waals surface area contributed by atoms with Gasteiger partial charge in [0.15, 0.2) is 0 Å². The van der Waals surface area contributed by atoms with Gasteiger partial charge in [0.2, 0.25) is 0 Å². The number of hydrogen-bond donors (Lipinski definition) is 1. The van der Waals surface area contributed by atoms with E-state index in [-0.39, 0.29) is 11.6 Å². The van der Waals surface area contributed by atoms with Crippen LogP contribution >= 0.6 is 22.6 Å². The molecule has 5 heteroatoms. The Labute approximate surface area is 96.1 Å². The summed E-state index contributed by atoms with van der Waals surface area (Å²) in [5.41, 5.74) is 0.635. The van der Waals surface area contributed by atoms with Crippen molar-refractivity contribution in [3.05, 3.63) is 25.9 Å². The molecule has 0 aliphatic heterocycles. The molecule has 1 rings (SSSR count). The molecule has 0 fully saturated rings. The smallest absolute Gasteiger partial charge is 0.267 e. The summed E-state index contributed by atoms with van der Waals surface area (Å²) in [4.78, 5) is 15.8. The topological polar surface area (TPSA) is 55.1 Å². The SMILES string of the molecule is Cc1ncn(C(C)C(C)O)c(=O)c1I. The molecule has 2 atom stereocenters. The molecular formula is C9H13IN2O2. The minimum absolute atomic E-state index is 0.0912. The predicted octanol–water partition coefficient (Wildman–Crippen LogP) is 1.10. The normalized spacial score (nSPS) is 15.2. The Morgan fingerprint density at radius 1 is 1.57 bits per heavy atom. The van der Waals surface area contributed by atoms with Crippen LogP contribution in [0.2, 0.25) is 0 Å². The summed E-state index contributed by atoms with van der Waals surface area (Å²) in [7, 11) is 0. The molecule has 0 radical (unpaired) electrons. The van der Waals surface area contributed by atoms with Crippen LogP contribution in [0.3, 0.4) is 0 Å². The van der Waals surface area contributed by atoms with Crippen LogP contribution in [-0.4, -0.2) is 20.8 Å². The average molecular weight is 308 g/mol. The third kappa shape index (κ3) is 2.14. The van der Waals surface area contributed by atoms with E-state index in [1.165, 1.54) is 10.9 Å². The molecule has 0 saturated heterocycles. The third-order valence-corrected chi connectivity index (χ3v) is 3.49. The summed E-state index contributed by atoms with van der Waals surface area (Å²) in [6.07, 6.45) is 0.921. The van der Waals surface area contributed by atoms with Gasteiger partial charge in [0, 0.05) is 0 Å². The molecule has 0 aliphatic rings. The summed E-state index contributed by atoms with van der Waals surface area (Å²) in [6.45, 7) is 5.24. The first kappa shape index (κ1) is 11.6. The predicted molar refractivity (Wildman–Crippen MR) is 62.3 cm³/mol. The van der Waals surface area contributed by atoms with E-state index in [9.17, 15) is 9.90 Å². The van der Waals surface area contributed by atoms with E-state index in [1.54, 1.807) is 20.8 Å². The molecule has 0 aromatic carbocycles. The highest BCUT2D eigenvalue weighted by Crippen LogP contribution is 2.09. The lowest BCUT2D eigenvalue weighted by Gasteiger charge is -2.17. The van der Waals surface area contributed by atoms with E-state index in [1.807, 2.05) is 22.6 Å². The number of halogens is 1. The highest BCUT2D eigenvalue weighted by Gasteiger charge is 2.14. The van der Waals surface area contributed by atoms with Gasteiger partial charge in [-0.1, -0.05) is 0 Å². The van der Waals surface area contributed by atoms with Crippen LogP contribution in [0.25, 0.3) is 0 Å². The Bertz CT molecular complexity index is 387. The van der Waals surface area contributed by atoms with Crippen LogP contribution in [0.15, 0.2) is 11.1 Å². The zero-order chi connectivity index (χ0) is 10.9. The standard InChI is InChI=1S/C9H13IN2O2/c1-5-8(10)9(14)12(4-11-5)6(2)7(3)13/h4,6-7,13H,1-3H3. The van der Waals surface area contributed by atoms with Crippen molar-refractivity contribution in [1.29, 1.82) is 0 Å². The largest absolute Gasteiger partial charge is 0.391 e. The molecule has 0 amide bonds. The zero-order valence-electron chi connectivity index (χ0n) is 8.36. The van der Waals surface area contributed by atoms with Gasteiger partial charge in [0.25, 0.3) is 5.56 Å². The number of aromatic nitrogens is 2. The van der Waals surface area contributed by atoms with Gasteiger partial charge in [-0.2, -0.15) is 0 Å². The molecule has 4 nitrogen and oxygen atoms in total. The molecule has 14 heavy (non-hydrogen) atoms. The quantitative estimate of drug-likeness (QED) is 0.833. The maximum Gasteiger partial charge on any atom is 0.267 e. The van der Waals surface area contributed by atoms with Crippen LogP contribution < -0.4 is 5.56 Å². The zero-order valence-corrected chi connectivity index (χ0v) is 10.5. The molecule has 1 N–H and O–H groups in total. The van der Waals surface area contributed by atoms with Gasteiger partial charge in [0.1, 0.15) is 0 Å². The van der Waals surface area contributed by atoms with Gasteiger partial charge < -0.3 is 5.11 Å². The summed E-state index contributed by atoms with van der Waals surface area (Å²) in [5.74, 6) is 0. The number of hydrogen-bond acceptors (Lipinski definition) is 3. The van der Waals surface area contributed by atoms with E-state index >= 15 is 0 Å². The Morgan fingerprint density at radius 2 is 2.14 bits per heavy atom. The average Bonchev–Trinajstić information content (AvgIpc) is 2.13. The minimum Gasteiger partial charge on any atom is -0.391 e. The van der Waals surface area contributed by atoms with Crippen molar-refractivity contribution in [2.24, 2.45) is 0 Å². The highest BCUT2D eigenvalue weighted by molar-refractivity contribution is 14.1. The number of aryl methyl sites for hydroxylation is 1. The highest BCUT2D eigenvalue weighted by atomic mass is 127. The van der Waals surface area contributed by atoms with Crippen molar-refractivity contribution >= 4 is 22.6 Å². The molecular weight excluding hydrogens is 295 g/mol. The van der Waals surface area contributed by atoms with Crippen LogP contribution in [0.4, 0.5) is 0 Å². The lowest BCUT2D eigenvalue weighted by Crippen LogP contribution is -2.31. The first-order valence-corrected chi connectivity index (χ1v) is 5.44. The fraction of sp³-hybridized carbons (Fsp3) is 0.556. The van der Waals surface area contributed by atoms with E-state index < -0.39 is 6.10 Å². The molecule has 0 bridgehead atoms. The summed E-state index contributed by atoms with van der Waals surface area (Å²) < 4.78 is 2.07. The Morgan fingerprint density at radius 3 is 2.64 bits per heavy atom. The molecule has 1 aromatic rings. The van der Waals surface area contributed by atoms with Crippen molar-refractivity contribution < 1.29 is 5.11 Å².